The fraction of sp³-hybridized carbons (Fsp3) is 0.562. The lowest BCUT2D eigenvalue weighted by Gasteiger charge is -2.29. The van der Waals surface area contributed by atoms with Crippen LogP contribution in [0.2, 0.25) is 0 Å². The first-order valence-electron chi connectivity index (χ1n) is 8.47. The van der Waals surface area contributed by atoms with Gasteiger partial charge in [0.2, 0.25) is 0 Å². The second kappa shape index (κ2) is 7.01. The molecule has 0 unspecified atom stereocenters. The van der Waals surface area contributed by atoms with E-state index in [1.807, 2.05) is 11.8 Å². The van der Waals surface area contributed by atoms with Crippen LogP contribution in [0, 0.1) is 6.92 Å². The van der Waals surface area contributed by atoms with Crippen LogP contribution in [0.1, 0.15) is 26.6 Å². The first-order valence-corrected chi connectivity index (χ1v) is 9.25. The van der Waals surface area contributed by atoms with Gasteiger partial charge in [-0.05, 0) is 24.9 Å². The summed E-state index contributed by atoms with van der Waals surface area (Å²) in [6.45, 7) is 6.30. The van der Waals surface area contributed by atoms with Crippen LogP contribution in [0.5, 0.6) is 0 Å². The third kappa shape index (κ3) is 3.21. The minimum atomic E-state index is -0.0417. The number of aryl methyl sites for hydroxylation is 1. The summed E-state index contributed by atoms with van der Waals surface area (Å²) in [5.74, 6) is 0.953. The number of ether oxygens (including phenoxy) is 1. The summed E-state index contributed by atoms with van der Waals surface area (Å²) in [5.41, 5.74) is 2.67. The number of nitrogens with zero attached hydrogens (tertiary/aromatic N) is 6. The second-order valence-electron chi connectivity index (χ2n) is 6.19. The molecular weight excluding hydrogens is 340 g/mol. The maximum Gasteiger partial charge on any atom is 0.275 e. The second-order valence-corrected chi connectivity index (χ2v) is 7.15. The Bertz CT molecular complexity index is 774. The molecule has 1 saturated heterocycles. The van der Waals surface area contributed by atoms with Crippen molar-refractivity contribution in [2.75, 3.05) is 44.3 Å². The molecule has 0 radical (unpaired) electrons. The lowest BCUT2D eigenvalue weighted by molar-refractivity contribution is 0.0756. The zero-order valence-corrected chi connectivity index (χ0v) is 15.0. The van der Waals surface area contributed by atoms with Crippen molar-refractivity contribution in [2.24, 2.45) is 0 Å². The van der Waals surface area contributed by atoms with Gasteiger partial charge in [0.15, 0.2) is 5.69 Å². The molecule has 2 aromatic heterocycles. The van der Waals surface area contributed by atoms with Crippen molar-refractivity contribution < 1.29 is 9.53 Å². The van der Waals surface area contributed by atoms with Gasteiger partial charge in [0.25, 0.3) is 5.91 Å². The van der Waals surface area contributed by atoms with Gasteiger partial charge in [-0.1, -0.05) is 4.49 Å². The van der Waals surface area contributed by atoms with Gasteiger partial charge in [-0.15, -0.1) is 5.10 Å². The van der Waals surface area contributed by atoms with Gasteiger partial charge in [-0.25, -0.2) is 9.97 Å². The smallest absolute Gasteiger partial charge is 0.275 e. The van der Waals surface area contributed by atoms with Crippen LogP contribution in [0.25, 0.3) is 0 Å². The highest BCUT2D eigenvalue weighted by Crippen LogP contribution is 2.25. The van der Waals surface area contributed by atoms with Crippen molar-refractivity contribution in [3.63, 3.8) is 0 Å². The number of rotatable bonds is 2. The van der Waals surface area contributed by atoms with Crippen molar-refractivity contribution in [1.29, 1.82) is 0 Å². The average Bonchev–Trinajstić information content (AvgIpc) is 2.96. The van der Waals surface area contributed by atoms with E-state index in [0.29, 0.717) is 18.8 Å². The Kier molecular flexibility index (Phi) is 4.58. The third-order valence-electron chi connectivity index (χ3n) is 4.71. The molecule has 0 bridgehead atoms. The molecule has 0 aliphatic carbocycles. The standard InChI is InChI=1S/C16H20N6O2S/c1-11-14(19-20-25-11)16(23)22-4-2-12-13(3-5-22)17-10-18-15(12)21-6-8-24-9-7-21/h10H,2-9H2,1H3. The molecule has 0 N–H and O–H groups in total. The molecule has 1 fully saturated rings. The Hall–Kier alpha value is -2.13. The minimum Gasteiger partial charge on any atom is -0.378 e. The third-order valence-corrected chi connectivity index (χ3v) is 5.35. The summed E-state index contributed by atoms with van der Waals surface area (Å²) in [5, 5.41) is 3.99. The van der Waals surface area contributed by atoms with Gasteiger partial charge in [0.05, 0.1) is 23.8 Å². The van der Waals surface area contributed by atoms with Gasteiger partial charge in [0.1, 0.15) is 12.1 Å². The van der Waals surface area contributed by atoms with E-state index in [2.05, 4.69) is 24.5 Å². The Balaban J connectivity index is 1.55. The van der Waals surface area contributed by atoms with Gasteiger partial charge < -0.3 is 14.5 Å². The van der Waals surface area contributed by atoms with Crippen LogP contribution in [0.4, 0.5) is 5.82 Å². The number of hydrogen-bond donors (Lipinski definition) is 0. The lowest BCUT2D eigenvalue weighted by Crippen LogP contribution is -2.37. The number of morpholine rings is 1. The molecule has 2 aromatic rings. The number of amides is 1. The van der Waals surface area contributed by atoms with E-state index >= 15 is 0 Å². The number of carbonyl (C=O) groups excluding carboxylic acids is 1. The molecule has 1 amide bonds. The monoisotopic (exact) mass is 360 g/mol. The summed E-state index contributed by atoms with van der Waals surface area (Å²) in [6.07, 6.45) is 3.12. The molecule has 0 aromatic carbocycles. The Labute approximate surface area is 150 Å². The minimum absolute atomic E-state index is 0.0417. The van der Waals surface area contributed by atoms with Crippen molar-refractivity contribution in [3.05, 3.63) is 28.2 Å². The van der Waals surface area contributed by atoms with E-state index in [-0.39, 0.29) is 5.91 Å². The summed E-state index contributed by atoms with van der Waals surface area (Å²) in [4.78, 5) is 26.7. The molecular formula is C16H20N6O2S. The van der Waals surface area contributed by atoms with E-state index in [4.69, 9.17) is 4.74 Å². The summed E-state index contributed by atoms with van der Waals surface area (Å²) >= 11 is 1.26. The largest absolute Gasteiger partial charge is 0.378 e. The zero-order valence-electron chi connectivity index (χ0n) is 14.1. The van der Waals surface area contributed by atoms with E-state index < -0.39 is 0 Å². The summed E-state index contributed by atoms with van der Waals surface area (Å²) < 4.78 is 9.32. The molecule has 2 aliphatic rings. The highest BCUT2D eigenvalue weighted by atomic mass is 32.1. The van der Waals surface area contributed by atoms with E-state index in [9.17, 15) is 4.79 Å². The maximum atomic E-state index is 12.7. The predicted molar refractivity (Wildman–Crippen MR) is 93.0 cm³/mol. The van der Waals surface area contributed by atoms with Crippen LogP contribution in [-0.4, -0.2) is 69.8 Å². The maximum absolute atomic E-state index is 12.7. The Morgan fingerprint density at radius 1 is 1.16 bits per heavy atom. The normalized spacial score (nSPS) is 18.0. The van der Waals surface area contributed by atoms with Gasteiger partial charge in [-0.2, -0.15) is 0 Å². The molecule has 0 atom stereocenters. The Morgan fingerprint density at radius 3 is 2.72 bits per heavy atom. The highest BCUT2D eigenvalue weighted by Gasteiger charge is 2.26. The molecule has 4 rings (SSSR count). The highest BCUT2D eigenvalue weighted by molar-refractivity contribution is 7.05. The molecule has 9 heteroatoms. The summed E-state index contributed by atoms with van der Waals surface area (Å²) in [6, 6.07) is 0. The number of fused-ring (bicyclic) bond motifs is 1. The first kappa shape index (κ1) is 16.3. The molecule has 0 saturated carbocycles. The Morgan fingerprint density at radius 2 is 1.96 bits per heavy atom. The van der Waals surface area contributed by atoms with E-state index in [1.165, 1.54) is 11.5 Å². The number of hydrogen-bond acceptors (Lipinski definition) is 8. The lowest BCUT2D eigenvalue weighted by atomic mass is 10.1. The van der Waals surface area contributed by atoms with Gasteiger partial charge in [0, 0.05) is 38.2 Å². The van der Waals surface area contributed by atoms with Crippen molar-refractivity contribution in [2.45, 2.75) is 19.8 Å². The molecule has 8 nitrogen and oxygen atoms in total. The first-order chi connectivity index (χ1) is 12.2. The number of carbonyl (C=O) groups is 1. The van der Waals surface area contributed by atoms with Crippen LogP contribution < -0.4 is 4.90 Å². The molecule has 4 heterocycles. The predicted octanol–water partition coefficient (Wildman–Crippen LogP) is 0.714. The zero-order chi connectivity index (χ0) is 17.2. The van der Waals surface area contributed by atoms with Crippen LogP contribution in [0.3, 0.4) is 0 Å². The molecule has 2 aliphatic heterocycles. The van der Waals surface area contributed by atoms with Crippen LogP contribution in [-0.2, 0) is 17.6 Å². The molecule has 132 valence electrons. The van der Waals surface area contributed by atoms with Crippen LogP contribution in [0.15, 0.2) is 6.33 Å². The van der Waals surface area contributed by atoms with E-state index in [1.54, 1.807) is 6.33 Å². The SMILES string of the molecule is Cc1snnc1C(=O)N1CCc2ncnc(N3CCOCC3)c2CC1. The topological polar surface area (TPSA) is 84.3 Å². The molecule has 0 spiro atoms. The summed E-state index contributed by atoms with van der Waals surface area (Å²) in [7, 11) is 0. The van der Waals surface area contributed by atoms with Crippen molar-refractivity contribution in [1.82, 2.24) is 24.5 Å². The number of anilines is 1. The fourth-order valence-corrected chi connectivity index (χ4v) is 3.80. The number of aromatic nitrogens is 4. The van der Waals surface area contributed by atoms with Crippen LogP contribution >= 0.6 is 11.5 Å². The quantitative estimate of drug-likeness (QED) is 0.780. The van der Waals surface area contributed by atoms with Gasteiger partial charge in [-0.3, -0.25) is 4.79 Å². The fourth-order valence-electron chi connectivity index (χ4n) is 3.34. The average molecular weight is 360 g/mol. The molecule has 25 heavy (non-hydrogen) atoms. The van der Waals surface area contributed by atoms with Gasteiger partial charge >= 0.3 is 0 Å². The van der Waals surface area contributed by atoms with Crippen molar-refractivity contribution in [3.8, 4) is 0 Å². The van der Waals surface area contributed by atoms with E-state index in [0.717, 1.165) is 61.1 Å². The van der Waals surface area contributed by atoms with Crippen molar-refractivity contribution >= 4 is 23.3 Å².